The van der Waals surface area contributed by atoms with Gasteiger partial charge in [-0.1, -0.05) is 13.3 Å². The van der Waals surface area contributed by atoms with Gasteiger partial charge in [-0.05, 0) is 39.2 Å². The maximum Gasteiger partial charge on any atom is 0.191 e. The van der Waals surface area contributed by atoms with Crippen LogP contribution >= 0.6 is 0 Å². The van der Waals surface area contributed by atoms with Gasteiger partial charge in [-0.25, -0.2) is 0 Å². The molecule has 0 bridgehead atoms. The van der Waals surface area contributed by atoms with E-state index >= 15 is 0 Å². The molecule has 150 valence electrons. The summed E-state index contributed by atoms with van der Waals surface area (Å²) in [5.74, 6) is 0.828. The highest BCUT2D eigenvalue weighted by Gasteiger charge is 2.08. The van der Waals surface area contributed by atoms with Crippen molar-refractivity contribution in [3.63, 3.8) is 0 Å². The number of rotatable bonds is 13. The fourth-order valence-electron chi connectivity index (χ4n) is 2.62. The molecule has 7 nitrogen and oxygen atoms in total. The maximum absolute atomic E-state index is 5.55. The van der Waals surface area contributed by atoms with Gasteiger partial charge in [0, 0.05) is 32.4 Å². The Bertz CT molecular complexity index is 528. The molecule has 0 aliphatic heterocycles. The minimum absolute atomic E-state index is 0.606. The topological polar surface area (TPSA) is 72.7 Å². The van der Waals surface area contributed by atoms with E-state index in [0.29, 0.717) is 26.4 Å². The molecule has 0 unspecified atom stereocenters. The highest BCUT2D eigenvalue weighted by molar-refractivity contribution is 5.79. The minimum atomic E-state index is 0.606. The van der Waals surface area contributed by atoms with Crippen LogP contribution in [0, 0.1) is 13.8 Å². The molecule has 0 spiro atoms. The average Bonchev–Trinajstić information content (AvgIpc) is 2.86. The Morgan fingerprint density at radius 2 is 1.81 bits per heavy atom. The highest BCUT2D eigenvalue weighted by Crippen LogP contribution is 2.11. The van der Waals surface area contributed by atoms with Gasteiger partial charge in [-0.3, -0.25) is 9.67 Å². The third-order valence-corrected chi connectivity index (χ3v) is 4.19. The van der Waals surface area contributed by atoms with Gasteiger partial charge in [0.2, 0.25) is 0 Å². The van der Waals surface area contributed by atoms with Crippen LogP contribution in [0.25, 0.3) is 0 Å². The molecule has 26 heavy (non-hydrogen) atoms. The van der Waals surface area contributed by atoms with Crippen LogP contribution in [0.3, 0.4) is 0 Å². The molecule has 0 saturated heterocycles. The largest absolute Gasteiger partial charge is 0.379 e. The smallest absolute Gasteiger partial charge is 0.191 e. The summed E-state index contributed by atoms with van der Waals surface area (Å²) in [6.45, 7) is 13.4. The zero-order chi connectivity index (χ0) is 19.2. The summed E-state index contributed by atoms with van der Waals surface area (Å²) in [5.41, 5.74) is 3.63. The lowest BCUT2D eigenvalue weighted by atomic mass is 10.1. The molecule has 1 rings (SSSR count). The van der Waals surface area contributed by atoms with Gasteiger partial charge in [0.05, 0.1) is 32.1 Å². The van der Waals surface area contributed by atoms with Crippen molar-refractivity contribution in [2.75, 3.05) is 46.1 Å². The molecule has 1 aromatic heterocycles. The molecular formula is C19H37N5O2. The van der Waals surface area contributed by atoms with E-state index in [9.17, 15) is 0 Å². The quantitative estimate of drug-likeness (QED) is 0.317. The van der Waals surface area contributed by atoms with Crippen molar-refractivity contribution < 1.29 is 9.47 Å². The van der Waals surface area contributed by atoms with Gasteiger partial charge in [0.1, 0.15) is 0 Å². The average molecular weight is 368 g/mol. The Labute approximate surface area is 158 Å². The number of nitrogens with one attached hydrogen (secondary N) is 2. The second-order valence-electron chi connectivity index (χ2n) is 6.29. The zero-order valence-electron chi connectivity index (χ0n) is 17.2. The van der Waals surface area contributed by atoms with Gasteiger partial charge < -0.3 is 20.1 Å². The van der Waals surface area contributed by atoms with Crippen LogP contribution in [0.15, 0.2) is 4.99 Å². The molecule has 0 fully saturated rings. The van der Waals surface area contributed by atoms with Gasteiger partial charge >= 0.3 is 0 Å². The Hall–Kier alpha value is -1.60. The molecule has 1 aromatic rings. The number of hydrogen-bond acceptors (Lipinski definition) is 4. The fourth-order valence-corrected chi connectivity index (χ4v) is 2.62. The molecule has 0 saturated carbocycles. The van der Waals surface area contributed by atoms with Crippen LogP contribution in [-0.2, 0) is 22.9 Å². The molecule has 0 radical (unpaired) electrons. The van der Waals surface area contributed by atoms with Crippen molar-refractivity contribution in [2.24, 2.45) is 12.0 Å². The van der Waals surface area contributed by atoms with Crippen molar-refractivity contribution in [3.05, 3.63) is 17.0 Å². The van der Waals surface area contributed by atoms with Crippen LogP contribution in [0.5, 0.6) is 0 Å². The number of aliphatic imine (C=N–C) groups is 1. The first-order valence-corrected chi connectivity index (χ1v) is 9.76. The third-order valence-electron chi connectivity index (χ3n) is 4.19. The van der Waals surface area contributed by atoms with Crippen LogP contribution < -0.4 is 10.6 Å². The number of ether oxygens (including phenoxy) is 2. The van der Waals surface area contributed by atoms with E-state index in [1.165, 1.54) is 11.3 Å². The Morgan fingerprint density at radius 1 is 1.08 bits per heavy atom. The number of unbranched alkanes of at least 4 members (excludes halogenated alkanes) is 1. The van der Waals surface area contributed by atoms with E-state index in [-0.39, 0.29) is 0 Å². The summed E-state index contributed by atoms with van der Waals surface area (Å²) >= 11 is 0. The number of nitrogens with zero attached hydrogens (tertiary/aromatic N) is 3. The summed E-state index contributed by atoms with van der Waals surface area (Å²) < 4.78 is 13.0. The van der Waals surface area contributed by atoms with Gasteiger partial charge in [0.25, 0.3) is 0 Å². The predicted molar refractivity (Wildman–Crippen MR) is 107 cm³/mol. The van der Waals surface area contributed by atoms with Gasteiger partial charge in [0.15, 0.2) is 5.96 Å². The van der Waals surface area contributed by atoms with E-state index in [1.807, 2.05) is 11.7 Å². The number of hydrogen-bond donors (Lipinski definition) is 2. The Balaban J connectivity index is 2.24. The molecule has 0 atom stereocenters. The summed E-state index contributed by atoms with van der Waals surface area (Å²) in [6, 6.07) is 0. The van der Waals surface area contributed by atoms with Gasteiger partial charge in [-0.2, -0.15) is 5.10 Å². The van der Waals surface area contributed by atoms with E-state index in [4.69, 9.17) is 9.47 Å². The first-order chi connectivity index (χ1) is 12.6. The first kappa shape index (κ1) is 22.4. The second kappa shape index (κ2) is 13.6. The zero-order valence-corrected chi connectivity index (χ0v) is 17.2. The molecule has 1 heterocycles. The van der Waals surface area contributed by atoms with Crippen molar-refractivity contribution in [1.82, 2.24) is 20.4 Å². The molecule has 0 aliphatic carbocycles. The Morgan fingerprint density at radius 3 is 2.42 bits per heavy atom. The lowest BCUT2D eigenvalue weighted by Gasteiger charge is -2.11. The van der Waals surface area contributed by atoms with Crippen LogP contribution in [-0.4, -0.2) is 61.8 Å². The molecular weight excluding hydrogens is 330 g/mol. The highest BCUT2D eigenvalue weighted by atomic mass is 16.5. The third kappa shape index (κ3) is 8.67. The molecule has 0 amide bonds. The minimum Gasteiger partial charge on any atom is -0.379 e. The maximum atomic E-state index is 5.55. The molecule has 0 aliphatic rings. The summed E-state index contributed by atoms with van der Waals surface area (Å²) in [4.78, 5) is 4.55. The standard InChI is InChI=1S/C19H37N5O2/c1-6-8-12-25-14-15-26-13-11-22-19(20-7-2)21-10-9-18-16(3)23-24(5)17(18)4/h6-15H2,1-5H3,(H2,20,21,22). The fraction of sp³-hybridized carbons (Fsp3) is 0.789. The summed E-state index contributed by atoms with van der Waals surface area (Å²) in [5, 5.41) is 11.1. The van der Waals surface area contributed by atoms with Crippen LogP contribution in [0.1, 0.15) is 43.6 Å². The lowest BCUT2D eigenvalue weighted by Crippen LogP contribution is -2.38. The van der Waals surface area contributed by atoms with Gasteiger partial charge in [-0.15, -0.1) is 0 Å². The lowest BCUT2D eigenvalue weighted by molar-refractivity contribution is 0.0497. The summed E-state index contributed by atoms with van der Waals surface area (Å²) in [7, 11) is 1.99. The van der Waals surface area contributed by atoms with E-state index < -0.39 is 0 Å². The molecule has 7 heteroatoms. The first-order valence-electron chi connectivity index (χ1n) is 9.76. The van der Waals surface area contributed by atoms with E-state index in [2.05, 4.69) is 48.4 Å². The predicted octanol–water partition coefficient (Wildman–Crippen LogP) is 1.97. The molecule has 0 aromatic carbocycles. The van der Waals surface area contributed by atoms with Crippen molar-refractivity contribution in [3.8, 4) is 0 Å². The normalized spacial score (nSPS) is 11.8. The van der Waals surface area contributed by atoms with E-state index in [1.54, 1.807) is 0 Å². The van der Waals surface area contributed by atoms with Crippen LogP contribution in [0.4, 0.5) is 0 Å². The summed E-state index contributed by atoms with van der Waals surface area (Å²) in [6.07, 6.45) is 3.21. The van der Waals surface area contributed by atoms with Crippen molar-refractivity contribution in [2.45, 2.75) is 47.0 Å². The van der Waals surface area contributed by atoms with Crippen molar-refractivity contribution >= 4 is 5.96 Å². The monoisotopic (exact) mass is 367 g/mol. The number of guanidine groups is 1. The SMILES string of the molecule is CCCCOCCOCCN=C(NCC)NCCc1c(C)nn(C)c1C. The number of aromatic nitrogens is 2. The van der Waals surface area contributed by atoms with Crippen molar-refractivity contribution in [1.29, 1.82) is 0 Å². The Kier molecular flexibility index (Phi) is 11.7. The second-order valence-corrected chi connectivity index (χ2v) is 6.29. The number of aryl methyl sites for hydroxylation is 2. The van der Waals surface area contributed by atoms with Crippen LogP contribution in [0.2, 0.25) is 0 Å². The molecule has 2 N–H and O–H groups in total. The van der Waals surface area contributed by atoms with E-state index in [0.717, 1.165) is 50.6 Å².